The van der Waals surface area contributed by atoms with E-state index in [0.717, 1.165) is 5.75 Å². The van der Waals surface area contributed by atoms with Gasteiger partial charge in [-0.15, -0.1) is 0 Å². The summed E-state index contributed by atoms with van der Waals surface area (Å²) in [4.78, 5) is 26.4. The molecule has 0 aliphatic heterocycles. The number of carbonyl (C=O) groups excluding carboxylic acids is 2. The summed E-state index contributed by atoms with van der Waals surface area (Å²) in [7, 11) is 3.28. The van der Waals surface area contributed by atoms with Crippen molar-refractivity contribution in [1.29, 1.82) is 0 Å². The number of benzene rings is 1. The predicted molar refractivity (Wildman–Crippen MR) is 99.5 cm³/mol. The molecule has 5 nitrogen and oxygen atoms in total. The number of allylic oxidation sites excluding steroid dienone is 2. The molecule has 1 aromatic carbocycles. The Hall–Kier alpha value is -2.30. The van der Waals surface area contributed by atoms with Crippen molar-refractivity contribution in [3.05, 3.63) is 35.9 Å². The van der Waals surface area contributed by atoms with Crippen LogP contribution in [0.2, 0.25) is 0 Å². The van der Waals surface area contributed by atoms with Crippen LogP contribution in [-0.2, 0) is 9.59 Å². The molecule has 0 bridgehead atoms. The first-order chi connectivity index (χ1) is 11.7. The molecule has 25 heavy (non-hydrogen) atoms. The summed E-state index contributed by atoms with van der Waals surface area (Å²) < 4.78 is 5.09. The minimum Gasteiger partial charge on any atom is -0.497 e. The first-order valence-corrected chi connectivity index (χ1v) is 8.50. The molecule has 2 rings (SSSR count). The maximum atomic E-state index is 12.7. The van der Waals surface area contributed by atoms with Crippen molar-refractivity contribution in [2.45, 2.75) is 27.7 Å². The first kappa shape index (κ1) is 19.0. The van der Waals surface area contributed by atoms with Crippen molar-refractivity contribution in [2.75, 3.05) is 26.0 Å². The molecule has 1 fully saturated rings. The third kappa shape index (κ3) is 4.41. The van der Waals surface area contributed by atoms with Crippen molar-refractivity contribution in [3.8, 4) is 5.75 Å². The van der Waals surface area contributed by atoms with E-state index in [1.807, 2.05) is 13.8 Å². The number of hydrogen-bond donors (Lipinski definition) is 1. The minimum absolute atomic E-state index is 0.0254. The fourth-order valence-corrected chi connectivity index (χ4v) is 3.23. The number of nitrogens with zero attached hydrogens (tertiary/aromatic N) is 1. The molecule has 1 N–H and O–H groups in total. The van der Waals surface area contributed by atoms with Gasteiger partial charge in [-0.25, -0.2) is 0 Å². The van der Waals surface area contributed by atoms with Gasteiger partial charge in [0.1, 0.15) is 5.75 Å². The maximum absolute atomic E-state index is 12.7. The fraction of sp³-hybridized carbons (Fsp3) is 0.500. The van der Waals surface area contributed by atoms with Gasteiger partial charge in [-0.3, -0.25) is 9.59 Å². The van der Waals surface area contributed by atoms with E-state index in [2.05, 4.69) is 25.2 Å². The van der Waals surface area contributed by atoms with Crippen LogP contribution in [0.5, 0.6) is 5.75 Å². The Bertz CT molecular complexity index is 673. The molecule has 1 aliphatic rings. The number of hydrogen-bond acceptors (Lipinski definition) is 3. The standard InChI is InChI=1S/C20H28N2O3/c1-13(2)11-16-18(20(16,3)4)19(24)22(5)12-17(23)21-14-7-9-15(25-6)10-8-14/h7-11,16,18H,12H2,1-6H3,(H,21,23)/t16-,18+/m1/s1. The number of carbonyl (C=O) groups is 2. The molecule has 0 spiro atoms. The van der Waals surface area contributed by atoms with E-state index in [0.29, 0.717) is 5.69 Å². The zero-order chi connectivity index (χ0) is 18.8. The molecule has 1 aromatic rings. The van der Waals surface area contributed by atoms with E-state index in [1.165, 1.54) is 10.5 Å². The summed E-state index contributed by atoms with van der Waals surface area (Å²) in [6, 6.07) is 7.10. The smallest absolute Gasteiger partial charge is 0.243 e. The number of amides is 2. The molecule has 2 amide bonds. The maximum Gasteiger partial charge on any atom is 0.243 e. The van der Waals surface area contributed by atoms with E-state index in [1.54, 1.807) is 38.4 Å². The van der Waals surface area contributed by atoms with Crippen LogP contribution in [-0.4, -0.2) is 37.4 Å². The van der Waals surface area contributed by atoms with Crippen LogP contribution in [0.25, 0.3) is 0 Å². The van der Waals surface area contributed by atoms with Crippen LogP contribution in [0.15, 0.2) is 35.9 Å². The van der Waals surface area contributed by atoms with Crippen LogP contribution >= 0.6 is 0 Å². The average Bonchev–Trinajstić information content (AvgIpc) is 3.06. The Morgan fingerprint density at radius 2 is 1.84 bits per heavy atom. The molecule has 0 heterocycles. The topological polar surface area (TPSA) is 58.6 Å². The van der Waals surface area contributed by atoms with Gasteiger partial charge in [-0.1, -0.05) is 25.5 Å². The zero-order valence-corrected chi connectivity index (χ0v) is 15.9. The largest absolute Gasteiger partial charge is 0.497 e. The molecule has 0 saturated heterocycles. The summed E-state index contributed by atoms with van der Waals surface area (Å²) in [5, 5.41) is 2.80. The molecule has 2 atom stereocenters. The highest BCUT2D eigenvalue weighted by Crippen LogP contribution is 2.59. The zero-order valence-electron chi connectivity index (χ0n) is 15.9. The first-order valence-electron chi connectivity index (χ1n) is 8.50. The molecule has 1 saturated carbocycles. The SMILES string of the molecule is COc1ccc(NC(=O)CN(C)C(=O)[C@@H]2[C@@H](C=C(C)C)C2(C)C)cc1. The molecular weight excluding hydrogens is 316 g/mol. The highest BCUT2D eigenvalue weighted by molar-refractivity contribution is 5.95. The lowest BCUT2D eigenvalue weighted by Gasteiger charge is -2.17. The highest BCUT2D eigenvalue weighted by Gasteiger charge is 2.60. The van der Waals surface area contributed by atoms with Gasteiger partial charge in [0.25, 0.3) is 0 Å². The molecule has 1 aliphatic carbocycles. The Labute approximate surface area is 150 Å². The van der Waals surface area contributed by atoms with E-state index < -0.39 is 0 Å². The van der Waals surface area contributed by atoms with Gasteiger partial charge in [0, 0.05) is 12.7 Å². The lowest BCUT2D eigenvalue weighted by atomic mass is 10.1. The second-order valence-electron chi connectivity index (χ2n) is 7.54. The van der Waals surface area contributed by atoms with Crippen LogP contribution in [0.1, 0.15) is 27.7 Å². The summed E-state index contributed by atoms with van der Waals surface area (Å²) in [6.45, 7) is 8.33. The van der Waals surface area contributed by atoms with Crippen LogP contribution < -0.4 is 10.1 Å². The number of rotatable bonds is 6. The Morgan fingerprint density at radius 1 is 1.24 bits per heavy atom. The molecule has 0 aromatic heterocycles. The number of methoxy groups -OCH3 is 1. The second-order valence-corrected chi connectivity index (χ2v) is 7.54. The van der Waals surface area contributed by atoms with Crippen LogP contribution in [0, 0.1) is 17.3 Å². The molecule has 0 radical (unpaired) electrons. The lowest BCUT2D eigenvalue weighted by molar-refractivity contribution is -0.135. The Morgan fingerprint density at radius 3 is 2.36 bits per heavy atom. The molecule has 136 valence electrons. The normalized spacial score (nSPS) is 20.4. The van der Waals surface area contributed by atoms with Gasteiger partial charge in [-0.05, 0) is 49.4 Å². The summed E-state index contributed by atoms with van der Waals surface area (Å²) in [5.74, 6) is 0.737. The lowest BCUT2D eigenvalue weighted by Crippen LogP contribution is -2.36. The van der Waals surface area contributed by atoms with E-state index in [4.69, 9.17) is 4.74 Å². The highest BCUT2D eigenvalue weighted by atomic mass is 16.5. The average molecular weight is 344 g/mol. The van der Waals surface area contributed by atoms with Gasteiger partial charge >= 0.3 is 0 Å². The van der Waals surface area contributed by atoms with E-state index in [9.17, 15) is 9.59 Å². The summed E-state index contributed by atoms with van der Waals surface area (Å²) >= 11 is 0. The van der Waals surface area contributed by atoms with Crippen molar-refractivity contribution in [2.24, 2.45) is 17.3 Å². The van der Waals surface area contributed by atoms with E-state index >= 15 is 0 Å². The van der Waals surface area contributed by atoms with E-state index in [-0.39, 0.29) is 35.6 Å². The predicted octanol–water partition coefficient (Wildman–Crippen LogP) is 3.33. The van der Waals surface area contributed by atoms with Crippen LogP contribution in [0.4, 0.5) is 5.69 Å². The van der Waals surface area contributed by atoms with Crippen molar-refractivity contribution in [3.63, 3.8) is 0 Å². The van der Waals surface area contributed by atoms with Crippen molar-refractivity contribution >= 4 is 17.5 Å². The number of likely N-dealkylation sites (N-methyl/N-ethyl adjacent to an activating group) is 1. The van der Waals surface area contributed by atoms with Gasteiger partial charge in [0.2, 0.25) is 11.8 Å². The van der Waals surface area contributed by atoms with Gasteiger partial charge in [0.15, 0.2) is 0 Å². The molecular formula is C20H28N2O3. The minimum atomic E-state index is -0.210. The summed E-state index contributed by atoms with van der Waals surface area (Å²) in [5.41, 5.74) is 1.85. The van der Waals surface area contributed by atoms with Gasteiger partial charge in [0.05, 0.1) is 19.6 Å². The summed E-state index contributed by atoms with van der Waals surface area (Å²) in [6.07, 6.45) is 2.16. The second kappa shape index (κ2) is 7.30. The number of anilines is 1. The van der Waals surface area contributed by atoms with Crippen LogP contribution in [0.3, 0.4) is 0 Å². The van der Waals surface area contributed by atoms with Gasteiger partial charge in [-0.2, -0.15) is 0 Å². The van der Waals surface area contributed by atoms with Crippen molar-refractivity contribution in [1.82, 2.24) is 4.90 Å². The van der Waals surface area contributed by atoms with Crippen molar-refractivity contribution < 1.29 is 14.3 Å². The number of ether oxygens (including phenoxy) is 1. The molecule has 0 unspecified atom stereocenters. The Balaban J connectivity index is 1.92. The van der Waals surface area contributed by atoms with Gasteiger partial charge < -0.3 is 15.0 Å². The third-order valence-electron chi connectivity index (χ3n) is 4.82. The molecule has 5 heteroatoms. The third-order valence-corrected chi connectivity index (χ3v) is 4.82. The quantitative estimate of drug-likeness (QED) is 0.805. The Kier molecular flexibility index (Phi) is 5.55. The number of nitrogens with one attached hydrogen (secondary N) is 1. The monoisotopic (exact) mass is 344 g/mol. The fourth-order valence-electron chi connectivity index (χ4n) is 3.23.